The van der Waals surface area contributed by atoms with E-state index >= 15 is 0 Å². The number of anilines is 1. The molecule has 0 aliphatic carbocycles. The number of aromatic nitrogens is 5. The Hall–Kier alpha value is -2.49. The molecule has 0 amide bonds. The second kappa shape index (κ2) is 4.89. The maximum absolute atomic E-state index is 11.1. The molecule has 9 nitrogen and oxygen atoms in total. The molecule has 0 aliphatic heterocycles. The van der Waals surface area contributed by atoms with Crippen molar-refractivity contribution >= 4 is 27.9 Å². The molecular weight excluding hydrogens is 282 g/mol. The van der Waals surface area contributed by atoms with Gasteiger partial charge >= 0.3 is 5.82 Å². The SMILES string of the molecule is Cn1cnnc1CCNc1nc2sccn2c1[N+](=O)[O-]. The minimum atomic E-state index is -0.433. The molecule has 3 aromatic rings. The third-order valence-corrected chi connectivity index (χ3v) is 3.61. The van der Waals surface area contributed by atoms with Gasteiger partial charge in [-0.15, -0.1) is 10.2 Å². The van der Waals surface area contributed by atoms with Crippen LogP contribution in [0.15, 0.2) is 17.9 Å². The Balaban J connectivity index is 1.77. The standard InChI is InChI=1S/C10H11N7O2S/c1-15-6-12-14-7(15)2-3-11-8-9(17(18)19)16-4-5-20-10(16)13-8/h4-6,11H,2-3H2,1H3. The smallest absolute Gasteiger partial charge is 0.362 e. The minimum absolute atomic E-state index is 0.0424. The zero-order chi connectivity index (χ0) is 14.1. The number of nitro groups is 1. The highest BCUT2D eigenvalue weighted by Gasteiger charge is 2.23. The fourth-order valence-electron chi connectivity index (χ4n) is 1.89. The molecule has 3 heterocycles. The Morgan fingerprint density at radius 1 is 1.55 bits per heavy atom. The van der Waals surface area contributed by atoms with Crippen LogP contribution in [0.25, 0.3) is 4.96 Å². The molecule has 0 fully saturated rings. The van der Waals surface area contributed by atoms with Crippen molar-refractivity contribution in [2.24, 2.45) is 7.05 Å². The van der Waals surface area contributed by atoms with Crippen LogP contribution in [0.5, 0.6) is 0 Å². The van der Waals surface area contributed by atoms with Gasteiger partial charge in [-0.05, 0) is 4.92 Å². The minimum Gasteiger partial charge on any atom is -0.362 e. The average molecular weight is 293 g/mol. The monoisotopic (exact) mass is 293 g/mol. The second-order valence-corrected chi connectivity index (χ2v) is 5.00. The number of thiazole rings is 1. The maximum Gasteiger partial charge on any atom is 0.372 e. The second-order valence-electron chi connectivity index (χ2n) is 4.13. The molecule has 0 atom stereocenters. The summed E-state index contributed by atoms with van der Waals surface area (Å²) in [6.45, 7) is 0.498. The van der Waals surface area contributed by atoms with E-state index in [1.165, 1.54) is 15.7 Å². The third kappa shape index (κ3) is 2.09. The normalized spacial score (nSPS) is 11.1. The van der Waals surface area contributed by atoms with Crippen molar-refractivity contribution in [2.45, 2.75) is 6.42 Å². The summed E-state index contributed by atoms with van der Waals surface area (Å²) in [6.07, 6.45) is 3.86. The van der Waals surface area contributed by atoms with Gasteiger partial charge in [0.05, 0.1) is 0 Å². The van der Waals surface area contributed by atoms with Crippen LogP contribution in [0, 0.1) is 10.1 Å². The molecule has 1 N–H and O–H groups in total. The lowest BCUT2D eigenvalue weighted by Crippen LogP contribution is -2.10. The fraction of sp³-hybridized carbons (Fsp3) is 0.300. The van der Waals surface area contributed by atoms with Crippen molar-refractivity contribution in [3.05, 3.63) is 33.8 Å². The Morgan fingerprint density at radius 3 is 3.10 bits per heavy atom. The summed E-state index contributed by atoms with van der Waals surface area (Å²) in [4.78, 5) is 15.5. The van der Waals surface area contributed by atoms with Crippen LogP contribution >= 0.6 is 11.3 Å². The van der Waals surface area contributed by atoms with Crippen LogP contribution in [-0.2, 0) is 13.5 Å². The van der Waals surface area contributed by atoms with E-state index in [0.717, 1.165) is 5.82 Å². The summed E-state index contributed by atoms with van der Waals surface area (Å²) in [5.74, 6) is 1.05. The largest absolute Gasteiger partial charge is 0.372 e. The molecule has 104 valence electrons. The quantitative estimate of drug-likeness (QED) is 0.558. The number of imidazole rings is 1. The van der Waals surface area contributed by atoms with E-state index in [9.17, 15) is 10.1 Å². The van der Waals surface area contributed by atoms with Crippen LogP contribution in [0.4, 0.5) is 11.6 Å². The van der Waals surface area contributed by atoms with Gasteiger partial charge in [0.15, 0.2) is 0 Å². The lowest BCUT2D eigenvalue weighted by molar-refractivity contribution is -0.389. The number of fused-ring (bicyclic) bond motifs is 1. The van der Waals surface area contributed by atoms with Gasteiger partial charge in [-0.1, -0.05) is 11.3 Å². The molecule has 0 aromatic carbocycles. The highest BCUT2D eigenvalue weighted by Crippen LogP contribution is 2.27. The Kier molecular flexibility index (Phi) is 3.06. The number of hydrogen-bond donors (Lipinski definition) is 1. The molecule has 0 aliphatic rings. The molecule has 3 rings (SSSR count). The van der Waals surface area contributed by atoms with Gasteiger partial charge in [0.2, 0.25) is 5.82 Å². The average Bonchev–Trinajstić information content (AvgIpc) is 3.05. The summed E-state index contributed by atoms with van der Waals surface area (Å²) >= 11 is 1.35. The first kappa shape index (κ1) is 12.5. The number of hydrogen-bond acceptors (Lipinski definition) is 7. The van der Waals surface area contributed by atoms with Gasteiger partial charge in [0, 0.05) is 25.4 Å². The van der Waals surface area contributed by atoms with E-state index in [2.05, 4.69) is 20.5 Å². The Labute approximate surface area is 117 Å². The molecule has 0 spiro atoms. The number of rotatable bonds is 5. The summed E-state index contributed by atoms with van der Waals surface area (Å²) in [5.41, 5.74) is 0. The van der Waals surface area contributed by atoms with Gasteiger partial charge < -0.3 is 20.0 Å². The molecule has 0 saturated carbocycles. The molecule has 0 bridgehead atoms. The van der Waals surface area contributed by atoms with Crippen LogP contribution in [0.2, 0.25) is 0 Å². The fourth-order valence-corrected chi connectivity index (χ4v) is 2.60. The predicted octanol–water partition coefficient (Wildman–Crippen LogP) is 1.09. The molecule has 0 unspecified atom stereocenters. The van der Waals surface area contributed by atoms with Gasteiger partial charge in [0.25, 0.3) is 4.96 Å². The van der Waals surface area contributed by atoms with Gasteiger partial charge in [-0.2, -0.15) is 9.38 Å². The summed E-state index contributed by atoms with van der Waals surface area (Å²) in [6, 6.07) is 0. The van der Waals surface area contributed by atoms with Crippen LogP contribution in [0.3, 0.4) is 0 Å². The molecule has 0 radical (unpaired) electrons. The number of nitrogens with zero attached hydrogens (tertiary/aromatic N) is 6. The highest BCUT2D eigenvalue weighted by molar-refractivity contribution is 7.15. The van der Waals surface area contributed by atoms with Crippen molar-refractivity contribution < 1.29 is 4.92 Å². The predicted molar refractivity (Wildman–Crippen MR) is 72.9 cm³/mol. The van der Waals surface area contributed by atoms with Crippen LogP contribution < -0.4 is 5.32 Å². The van der Waals surface area contributed by atoms with Crippen LogP contribution in [-0.4, -0.2) is 35.6 Å². The van der Waals surface area contributed by atoms with Gasteiger partial charge in [-0.25, -0.2) is 0 Å². The van der Waals surface area contributed by atoms with Crippen molar-refractivity contribution in [1.82, 2.24) is 24.1 Å². The Morgan fingerprint density at radius 2 is 2.40 bits per heavy atom. The highest BCUT2D eigenvalue weighted by atomic mass is 32.1. The molecule has 0 saturated heterocycles. The van der Waals surface area contributed by atoms with Crippen LogP contribution in [0.1, 0.15) is 5.82 Å². The zero-order valence-electron chi connectivity index (χ0n) is 10.6. The zero-order valence-corrected chi connectivity index (χ0v) is 11.4. The first-order chi connectivity index (χ1) is 9.66. The molecule has 10 heteroatoms. The lowest BCUT2D eigenvalue weighted by Gasteiger charge is -2.03. The van der Waals surface area contributed by atoms with E-state index in [1.807, 2.05) is 11.6 Å². The molecule has 20 heavy (non-hydrogen) atoms. The first-order valence-corrected chi connectivity index (χ1v) is 6.71. The number of aryl methyl sites for hydroxylation is 1. The van der Waals surface area contributed by atoms with Crippen molar-refractivity contribution in [3.8, 4) is 0 Å². The van der Waals surface area contributed by atoms with Gasteiger partial charge in [0.1, 0.15) is 18.3 Å². The number of nitrogens with one attached hydrogen (secondary N) is 1. The first-order valence-electron chi connectivity index (χ1n) is 5.83. The molecular formula is C10H11N7O2S. The van der Waals surface area contributed by atoms with Crippen molar-refractivity contribution in [3.63, 3.8) is 0 Å². The summed E-state index contributed by atoms with van der Waals surface area (Å²) < 4.78 is 3.27. The maximum atomic E-state index is 11.1. The van der Waals surface area contributed by atoms with Gasteiger partial charge in [-0.3, -0.25) is 0 Å². The topological polar surface area (TPSA) is 103 Å². The van der Waals surface area contributed by atoms with E-state index in [1.54, 1.807) is 17.9 Å². The summed E-state index contributed by atoms with van der Waals surface area (Å²) in [5, 5.41) is 23.6. The van der Waals surface area contributed by atoms with E-state index in [4.69, 9.17) is 0 Å². The lowest BCUT2D eigenvalue weighted by atomic mass is 10.4. The van der Waals surface area contributed by atoms with E-state index in [0.29, 0.717) is 17.9 Å². The van der Waals surface area contributed by atoms with E-state index < -0.39 is 4.92 Å². The summed E-state index contributed by atoms with van der Waals surface area (Å²) in [7, 11) is 1.85. The third-order valence-electron chi connectivity index (χ3n) is 2.86. The Bertz CT molecular complexity index is 759. The van der Waals surface area contributed by atoms with E-state index in [-0.39, 0.29) is 11.6 Å². The molecule has 3 aromatic heterocycles. The van der Waals surface area contributed by atoms with Crippen molar-refractivity contribution in [2.75, 3.05) is 11.9 Å². The van der Waals surface area contributed by atoms with Crippen molar-refractivity contribution in [1.29, 1.82) is 0 Å².